The average Bonchev–Trinajstić information content (AvgIpc) is 3.00. The highest BCUT2D eigenvalue weighted by molar-refractivity contribution is 7.14. The van der Waals surface area contributed by atoms with Crippen molar-refractivity contribution >= 4 is 17.4 Å². The van der Waals surface area contributed by atoms with E-state index >= 15 is 0 Å². The highest BCUT2D eigenvalue weighted by Gasteiger charge is 2.17. The minimum atomic E-state index is 0.640. The zero-order valence-electron chi connectivity index (χ0n) is 13.6. The lowest BCUT2D eigenvalue weighted by atomic mass is 10.2. The van der Waals surface area contributed by atoms with E-state index in [4.69, 9.17) is 5.26 Å². The first-order valence-electron chi connectivity index (χ1n) is 7.41. The van der Waals surface area contributed by atoms with E-state index in [-0.39, 0.29) is 0 Å². The lowest BCUT2D eigenvalue weighted by Crippen LogP contribution is -1.98. The largest absolute Gasteiger partial charge is 0.219 e. The molecular weight excluding hydrogens is 292 g/mol. The molecule has 0 unspecified atom stereocenters. The molecule has 4 nitrogen and oxygen atoms in total. The predicted molar refractivity (Wildman–Crippen MR) is 91.3 cm³/mol. The molecule has 22 heavy (non-hydrogen) atoms. The maximum absolute atomic E-state index is 9.15. The first-order valence-corrected chi connectivity index (χ1v) is 8.23. The molecule has 0 N–H and O–H groups in total. The molecule has 3 rings (SSSR count). The molecule has 0 atom stereocenters. The molecule has 1 aliphatic rings. The van der Waals surface area contributed by atoms with Crippen LogP contribution in [0.15, 0.2) is 17.7 Å². The Balaban J connectivity index is 0.000000847. The molecule has 5 heteroatoms. The number of hydrogen-bond acceptors (Lipinski definition) is 4. The third-order valence-electron chi connectivity index (χ3n) is 3.41. The van der Waals surface area contributed by atoms with Crippen LogP contribution in [0.1, 0.15) is 48.3 Å². The molecule has 2 aromatic rings. The van der Waals surface area contributed by atoms with E-state index in [1.807, 2.05) is 33.8 Å². The maximum Gasteiger partial charge on any atom is 0.211 e. The molecule has 0 amide bonds. The summed E-state index contributed by atoms with van der Waals surface area (Å²) in [6, 6.07) is 2.20. The second-order valence-corrected chi connectivity index (χ2v) is 5.92. The number of aromatic nitrogens is 3. The number of nitriles is 1. The van der Waals surface area contributed by atoms with Crippen molar-refractivity contribution in [3.8, 4) is 11.2 Å². The second kappa shape index (κ2) is 6.71. The summed E-state index contributed by atoms with van der Waals surface area (Å²) in [6.07, 6.45) is 7.23. The average molecular weight is 312 g/mol. The topological polar surface area (TPSA) is 54.5 Å². The molecule has 2 aromatic heterocycles. The van der Waals surface area contributed by atoms with Gasteiger partial charge in [-0.25, -0.2) is 9.67 Å². The summed E-state index contributed by atoms with van der Waals surface area (Å²) < 4.78 is 1.78. The van der Waals surface area contributed by atoms with Crippen LogP contribution < -0.4 is 0 Å². The van der Waals surface area contributed by atoms with Crippen molar-refractivity contribution in [2.24, 2.45) is 0 Å². The predicted octanol–water partition coefficient (Wildman–Crippen LogP) is 4.36. The minimum absolute atomic E-state index is 0.640. The van der Waals surface area contributed by atoms with Crippen LogP contribution in [0, 0.1) is 25.2 Å². The fourth-order valence-electron chi connectivity index (χ4n) is 2.24. The Morgan fingerprint density at radius 2 is 1.95 bits per heavy atom. The summed E-state index contributed by atoms with van der Waals surface area (Å²) in [5.74, 6) is 0. The number of hydrogen-bond donors (Lipinski definition) is 0. The molecule has 0 radical (unpaired) electrons. The van der Waals surface area contributed by atoms with Crippen molar-refractivity contribution in [1.29, 1.82) is 5.26 Å². The van der Waals surface area contributed by atoms with Crippen molar-refractivity contribution in [1.82, 2.24) is 14.8 Å². The van der Waals surface area contributed by atoms with Gasteiger partial charge in [-0.15, -0.1) is 0 Å². The molecule has 1 aliphatic carbocycles. The molecular formula is C17H20N4S. The summed E-state index contributed by atoms with van der Waals surface area (Å²) in [5, 5.41) is 14.4. The normalized spacial score (nSPS) is 12.6. The fourth-order valence-corrected chi connectivity index (χ4v) is 3.25. The summed E-state index contributed by atoms with van der Waals surface area (Å²) >= 11 is 1.63. The van der Waals surface area contributed by atoms with Gasteiger partial charge in [-0.1, -0.05) is 42.9 Å². The Bertz CT molecular complexity index is 784. The Hall–Kier alpha value is -2.19. The SMILES string of the molecule is CC.CC1=CCc2sc(-n3nc(C)c(C#N)c3C)nc2C=C1. The van der Waals surface area contributed by atoms with Crippen LogP contribution in [0.5, 0.6) is 0 Å². The van der Waals surface area contributed by atoms with Crippen LogP contribution in [0.4, 0.5) is 0 Å². The van der Waals surface area contributed by atoms with Crippen molar-refractivity contribution in [2.75, 3.05) is 0 Å². The van der Waals surface area contributed by atoms with Crippen molar-refractivity contribution < 1.29 is 0 Å². The van der Waals surface area contributed by atoms with E-state index in [1.54, 1.807) is 16.0 Å². The first kappa shape index (κ1) is 16.2. The first-order chi connectivity index (χ1) is 10.6. The summed E-state index contributed by atoms with van der Waals surface area (Å²) in [4.78, 5) is 5.89. The van der Waals surface area contributed by atoms with Crippen LogP contribution >= 0.6 is 11.3 Å². The number of thiazole rings is 1. The highest BCUT2D eigenvalue weighted by atomic mass is 32.1. The Labute approximate surface area is 135 Å². The van der Waals surface area contributed by atoms with Gasteiger partial charge in [0, 0.05) is 11.3 Å². The van der Waals surface area contributed by atoms with Crippen molar-refractivity contribution in [3.05, 3.63) is 45.2 Å². The van der Waals surface area contributed by atoms with Crippen LogP contribution in [0.3, 0.4) is 0 Å². The molecule has 2 heterocycles. The Kier molecular flexibility index (Phi) is 4.94. The lowest BCUT2D eigenvalue weighted by molar-refractivity contribution is 0.824. The summed E-state index contributed by atoms with van der Waals surface area (Å²) in [6.45, 7) is 9.85. The Morgan fingerprint density at radius 1 is 1.23 bits per heavy atom. The van der Waals surface area contributed by atoms with Gasteiger partial charge in [-0.3, -0.25) is 0 Å². The van der Waals surface area contributed by atoms with Crippen LogP contribution in [0.25, 0.3) is 11.2 Å². The molecule has 114 valence electrons. The van der Waals surface area contributed by atoms with Gasteiger partial charge in [-0.05, 0) is 26.8 Å². The number of rotatable bonds is 1. The van der Waals surface area contributed by atoms with E-state index in [1.165, 1.54) is 10.5 Å². The summed E-state index contributed by atoms with van der Waals surface area (Å²) in [7, 11) is 0. The smallest absolute Gasteiger partial charge is 0.211 e. The van der Waals surface area contributed by atoms with Crippen LogP contribution in [-0.2, 0) is 6.42 Å². The van der Waals surface area contributed by atoms with Gasteiger partial charge in [0.25, 0.3) is 0 Å². The molecule has 0 aliphatic heterocycles. The van der Waals surface area contributed by atoms with Crippen LogP contribution in [0.2, 0.25) is 0 Å². The van der Waals surface area contributed by atoms with Crippen LogP contribution in [-0.4, -0.2) is 14.8 Å². The van der Waals surface area contributed by atoms with E-state index in [0.717, 1.165) is 28.6 Å². The molecule has 0 saturated carbocycles. The van der Waals surface area contributed by atoms with Gasteiger partial charge < -0.3 is 0 Å². The molecule has 0 fully saturated rings. The van der Waals surface area contributed by atoms with E-state index in [0.29, 0.717) is 5.56 Å². The zero-order valence-corrected chi connectivity index (χ0v) is 14.5. The molecule has 0 aromatic carbocycles. The van der Waals surface area contributed by atoms with E-state index in [9.17, 15) is 0 Å². The zero-order chi connectivity index (χ0) is 16.3. The summed E-state index contributed by atoms with van der Waals surface area (Å²) in [5.41, 5.74) is 4.51. The molecule has 0 bridgehead atoms. The van der Waals surface area contributed by atoms with E-state index < -0.39 is 0 Å². The van der Waals surface area contributed by atoms with Gasteiger partial charge >= 0.3 is 0 Å². The van der Waals surface area contributed by atoms with Crippen molar-refractivity contribution in [3.63, 3.8) is 0 Å². The van der Waals surface area contributed by atoms with Gasteiger partial charge in [0.2, 0.25) is 5.13 Å². The quantitative estimate of drug-likeness (QED) is 0.786. The highest BCUT2D eigenvalue weighted by Crippen LogP contribution is 2.28. The van der Waals surface area contributed by atoms with Gasteiger partial charge in [0.05, 0.1) is 22.6 Å². The van der Waals surface area contributed by atoms with Gasteiger partial charge in [0.1, 0.15) is 6.07 Å². The monoisotopic (exact) mass is 312 g/mol. The number of allylic oxidation sites excluding steroid dienone is 3. The van der Waals surface area contributed by atoms with Gasteiger partial charge in [0.15, 0.2) is 0 Å². The molecule has 0 spiro atoms. The fraction of sp³-hybridized carbons (Fsp3) is 0.353. The van der Waals surface area contributed by atoms with E-state index in [2.05, 4.69) is 35.2 Å². The standard InChI is InChI=1S/C15H14N4S.C2H6/c1-9-4-6-13-14(7-5-9)20-15(17-13)19-11(3)12(8-16)10(2)18-19;1-2/h4-6H,7H2,1-3H3;1-2H3. The van der Waals surface area contributed by atoms with Crippen molar-refractivity contribution in [2.45, 2.75) is 41.0 Å². The van der Waals surface area contributed by atoms with Gasteiger partial charge in [-0.2, -0.15) is 10.4 Å². The lowest BCUT2D eigenvalue weighted by Gasteiger charge is -1.97. The third kappa shape index (κ3) is 2.88. The minimum Gasteiger partial charge on any atom is -0.219 e. The Morgan fingerprint density at radius 3 is 2.59 bits per heavy atom. The number of fused-ring (bicyclic) bond motifs is 1. The molecule has 0 saturated heterocycles. The second-order valence-electron chi connectivity index (χ2n) is 4.86. The third-order valence-corrected chi connectivity index (χ3v) is 4.48. The number of nitrogens with zero attached hydrogens (tertiary/aromatic N) is 4. The maximum atomic E-state index is 9.15. The number of aryl methyl sites for hydroxylation is 1.